The molecule has 8 nitrogen and oxygen atoms in total. The highest BCUT2D eigenvalue weighted by molar-refractivity contribution is 7.92. The van der Waals surface area contributed by atoms with Crippen molar-refractivity contribution in [1.29, 1.82) is 0 Å². The topological polar surface area (TPSA) is 96.0 Å². The number of aryl methyl sites for hydroxylation is 3. The molecule has 0 radical (unpaired) electrons. The van der Waals surface area contributed by atoms with E-state index in [-0.39, 0.29) is 17.3 Å². The van der Waals surface area contributed by atoms with Gasteiger partial charge in [-0.1, -0.05) is 35.9 Å². The summed E-state index contributed by atoms with van der Waals surface area (Å²) < 4.78 is 34.3. The molecule has 1 N–H and O–H groups in total. The highest BCUT2D eigenvalue weighted by Crippen LogP contribution is 2.27. The minimum Gasteiger partial charge on any atom is -0.497 e. The molecule has 0 spiro atoms. The van der Waals surface area contributed by atoms with E-state index in [0.29, 0.717) is 18.0 Å². The van der Waals surface area contributed by atoms with Gasteiger partial charge in [-0.05, 0) is 87.7 Å². The normalized spacial score (nSPS) is 11.9. The molecule has 0 aliphatic carbocycles. The van der Waals surface area contributed by atoms with Gasteiger partial charge in [-0.15, -0.1) is 0 Å². The van der Waals surface area contributed by atoms with Gasteiger partial charge in [0.05, 0.1) is 17.7 Å². The van der Waals surface area contributed by atoms with E-state index in [2.05, 4.69) is 5.32 Å². The smallest absolute Gasteiger partial charge is 0.264 e. The maximum Gasteiger partial charge on any atom is 0.264 e. The number of hydrogen-bond acceptors (Lipinski definition) is 5. The fourth-order valence-electron chi connectivity index (χ4n) is 4.33. The van der Waals surface area contributed by atoms with Gasteiger partial charge in [0, 0.05) is 13.1 Å². The van der Waals surface area contributed by atoms with Gasteiger partial charge in [-0.3, -0.25) is 13.9 Å². The van der Waals surface area contributed by atoms with Gasteiger partial charge in [-0.25, -0.2) is 8.42 Å². The van der Waals surface area contributed by atoms with Crippen molar-refractivity contribution in [3.63, 3.8) is 0 Å². The zero-order valence-electron chi connectivity index (χ0n) is 23.4. The summed E-state index contributed by atoms with van der Waals surface area (Å²) in [6.07, 6.45) is 0. The van der Waals surface area contributed by atoms with Crippen LogP contribution in [0.5, 0.6) is 5.75 Å². The van der Waals surface area contributed by atoms with Crippen LogP contribution in [-0.2, 0) is 26.2 Å². The molecule has 0 saturated heterocycles. The Morgan fingerprint density at radius 2 is 1.56 bits per heavy atom. The average molecular weight is 552 g/mol. The van der Waals surface area contributed by atoms with Crippen LogP contribution in [0, 0.1) is 20.8 Å². The Hall–Kier alpha value is -3.85. The van der Waals surface area contributed by atoms with Gasteiger partial charge in [-0.2, -0.15) is 0 Å². The van der Waals surface area contributed by atoms with Crippen LogP contribution in [0.3, 0.4) is 0 Å². The quantitative estimate of drug-likeness (QED) is 0.382. The van der Waals surface area contributed by atoms with E-state index < -0.39 is 28.5 Å². The van der Waals surface area contributed by atoms with E-state index >= 15 is 0 Å². The fraction of sp³-hybridized carbons (Fsp3) is 0.333. The second-order valence-electron chi connectivity index (χ2n) is 9.61. The number of sulfonamides is 1. The highest BCUT2D eigenvalue weighted by Gasteiger charge is 2.32. The van der Waals surface area contributed by atoms with Crippen LogP contribution in [0.2, 0.25) is 0 Å². The van der Waals surface area contributed by atoms with Crippen LogP contribution in [0.4, 0.5) is 5.69 Å². The summed E-state index contributed by atoms with van der Waals surface area (Å²) in [6.45, 7) is 9.09. The lowest BCUT2D eigenvalue weighted by molar-refractivity contribution is -0.139. The first kappa shape index (κ1) is 29.7. The summed E-state index contributed by atoms with van der Waals surface area (Å²) in [7, 11) is -2.55. The third kappa shape index (κ3) is 7.38. The maximum absolute atomic E-state index is 13.9. The monoisotopic (exact) mass is 551 g/mol. The third-order valence-corrected chi connectivity index (χ3v) is 8.18. The SMILES string of the molecule is CCNC(=O)[C@H](C)N(Cc1cccc(OC)c1)C(=O)CN(c1cc(C)cc(C)c1)S(=O)(=O)c1ccc(C)cc1. The lowest BCUT2D eigenvalue weighted by atomic mass is 10.1. The molecule has 3 rings (SSSR count). The number of nitrogens with one attached hydrogen (secondary N) is 1. The molecule has 39 heavy (non-hydrogen) atoms. The zero-order chi connectivity index (χ0) is 28.7. The number of methoxy groups -OCH3 is 1. The maximum atomic E-state index is 13.9. The molecule has 0 heterocycles. The number of carbonyl (C=O) groups is 2. The molecule has 2 amide bonds. The summed E-state index contributed by atoms with van der Waals surface area (Å²) in [5.74, 6) is -0.219. The summed E-state index contributed by atoms with van der Waals surface area (Å²) in [5.41, 5.74) is 3.78. The van der Waals surface area contributed by atoms with E-state index in [4.69, 9.17) is 4.74 Å². The molecule has 0 bridgehead atoms. The molecule has 9 heteroatoms. The average Bonchev–Trinajstić information content (AvgIpc) is 2.89. The lowest BCUT2D eigenvalue weighted by Crippen LogP contribution is -2.51. The number of hydrogen-bond donors (Lipinski definition) is 1. The molecule has 0 saturated carbocycles. The van der Waals surface area contributed by atoms with Crippen molar-refractivity contribution in [2.45, 2.75) is 52.1 Å². The van der Waals surface area contributed by atoms with Crippen molar-refractivity contribution in [2.75, 3.05) is 24.5 Å². The van der Waals surface area contributed by atoms with Gasteiger partial charge >= 0.3 is 0 Å². The van der Waals surface area contributed by atoms with Crippen LogP contribution in [0.15, 0.2) is 71.6 Å². The van der Waals surface area contributed by atoms with Crippen molar-refractivity contribution >= 4 is 27.5 Å². The van der Waals surface area contributed by atoms with Crippen LogP contribution in [-0.4, -0.2) is 51.4 Å². The summed E-state index contributed by atoms with van der Waals surface area (Å²) in [4.78, 5) is 28.3. The first-order valence-electron chi connectivity index (χ1n) is 12.8. The van der Waals surface area contributed by atoms with Gasteiger partial charge in [0.1, 0.15) is 18.3 Å². The number of benzene rings is 3. The Kier molecular flexibility index (Phi) is 9.75. The van der Waals surface area contributed by atoms with E-state index in [1.54, 1.807) is 63.4 Å². The summed E-state index contributed by atoms with van der Waals surface area (Å²) >= 11 is 0. The molecular weight excluding hydrogens is 514 g/mol. The molecule has 0 aromatic heterocycles. The predicted octanol–water partition coefficient (Wildman–Crippen LogP) is 4.37. The Labute approximate surface area is 231 Å². The van der Waals surface area contributed by atoms with Crippen LogP contribution >= 0.6 is 0 Å². The number of anilines is 1. The van der Waals surface area contributed by atoms with Gasteiger partial charge in [0.2, 0.25) is 11.8 Å². The van der Waals surface area contributed by atoms with Gasteiger partial charge in [0.25, 0.3) is 10.0 Å². The molecule has 3 aromatic carbocycles. The summed E-state index contributed by atoms with van der Waals surface area (Å²) in [5, 5.41) is 2.76. The number of ether oxygens (including phenoxy) is 1. The summed E-state index contributed by atoms with van der Waals surface area (Å²) in [6, 6.07) is 18.3. The molecule has 0 unspecified atom stereocenters. The molecule has 208 valence electrons. The Bertz CT molecular complexity index is 1400. The van der Waals surface area contributed by atoms with Crippen molar-refractivity contribution in [3.05, 3.63) is 89.0 Å². The highest BCUT2D eigenvalue weighted by atomic mass is 32.2. The number of carbonyl (C=O) groups excluding carboxylic acids is 2. The zero-order valence-corrected chi connectivity index (χ0v) is 24.2. The largest absolute Gasteiger partial charge is 0.497 e. The molecule has 0 aliphatic heterocycles. The fourth-order valence-corrected chi connectivity index (χ4v) is 5.73. The first-order valence-corrected chi connectivity index (χ1v) is 14.3. The Morgan fingerprint density at radius 1 is 0.923 bits per heavy atom. The van der Waals surface area contributed by atoms with Crippen molar-refractivity contribution < 1.29 is 22.7 Å². The Balaban J connectivity index is 2.07. The molecule has 3 aromatic rings. The second kappa shape index (κ2) is 12.8. The third-order valence-electron chi connectivity index (χ3n) is 6.39. The number of rotatable bonds is 11. The van der Waals surface area contributed by atoms with Crippen molar-refractivity contribution in [2.24, 2.45) is 0 Å². The van der Waals surface area contributed by atoms with Crippen LogP contribution in [0.25, 0.3) is 0 Å². The minimum absolute atomic E-state index is 0.0798. The Morgan fingerprint density at radius 3 is 2.15 bits per heavy atom. The lowest BCUT2D eigenvalue weighted by Gasteiger charge is -2.32. The molecule has 0 fully saturated rings. The van der Waals surface area contributed by atoms with E-state index in [9.17, 15) is 18.0 Å². The van der Waals surface area contributed by atoms with Crippen molar-refractivity contribution in [1.82, 2.24) is 10.2 Å². The minimum atomic E-state index is -4.11. The molecule has 0 aliphatic rings. The number of nitrogens with zero attached hydrogens (tertiary/aromatic N) is 2. The van der Waals surface area contributed by atoms with E-state index in [1.807, 2.05) is 32.9 Å². The van der Waals surface area contributed by atoms with E-state index in [0.717, 1.165) is 26.6 Å². The van der Waals surface area contributed by atoms with Gasteiger partial charge < -0.3 is 15.0 Å². The van der Waals surface area contributed by atoms with Gasteiger partial charge in [0.15, 0.2) is 0 Å². The molecular formula is C30H37N3O5S. The standard InChI is InChI=1S/C30H37N3O5S/c1-7-31-30(35)24(5)32(19-25-9-8-10-27(18-25)38-6)29(34)20-33(26-16-22(3)15-23(4)17-26)39(36,37)28-13-11-21(2)12-14-28/h8-18,24H,7,19-20H2,1-6H3,(H,31,35)/t24-/m0/s1. The van der Waals surface area contributed by atoms with Crippen LogP contribution < -0.4 is 14.4 Å². The molecule has 1 atom stereocenters. The van der Waals surface area contributed by atoms with Crippen LogP contribution in [0.1, 0.15) is 36.1 Å². The number of likely N-dealkylation sites (N-methyl/N-ethyl adjacent to an activating group) is 1. The second-order valence-corrected chi connectivity index (χ2v) is 11.5. The predicted molar refractivity (Wildman–Crippen MR) is 153 cm³/mol. The van der Waals surface area contributed by atoms with E-state index in [1.165, 1.54) is 17.0 Å². The first-order chi connectivity index (χ1) is 18.5. The number of amides is 2. The van der Waals surface area contributed by atoms with Crippen molar-refractivity contribution in [3.8, 4) is 5.75 Å².